The second kappa shape index (κ2) is 5.35. The summed E-state index contributed by atoms with van der Waals surface area (Å²) in [6, 6.07) is 7.21. The Balaban J connectivity index is 1.89. The summed E-state index contributed by atoms with van der Waals surface area (Å²) in [5.41, 5.74) is 0. The van der Waals surface area contributed by atoms with Crippen LogP contribution in [0.25, 0.3) is 0 Å². The maximum Gasteiger partial charge on any atom is 0.253 e. The van der Waals surface area contributed by atoms with E-state index in [4.69, 9.17) is 9.47 Å². The van der Waals surface area contributed by atoms with Gasteiger partial charge in [0, 0.05) is 12.2 Å². The SMILES string of the molecule is COc1ccccc1OCCN1C(=O)C=CC1=O. The Morgan fingerprint density at radius 2 is 1.67 bits per heavy atom. The molecule has 0 spiro atoms. The third-order valence-electron chi connectivity index (χ3n) is 2.54. The second-order valence-corrected chi connectivity index (χ2v) is 3.66. The minimum Gasteiger partial charge on any atom is -0.493 e. The number of hydrogen-bond donors (Lipinski definition) is 0. The second-order valence-electron chi connectivity index (χ2n) is 3.66. The molecule has 0 saturated carbocycles. The molecule has 1 aromatic carbocycles. The highest BCUT2D eigenvalue weighted by atomic mass is 16.5. The lowest BCUT2D eigenvalue weighted by atomic mass is 10.3. The van der Waals surface area contributed by atoms with E-state index < -0.39 is 0 Å². The Labute approximate surface area is 105 Å². The first-order valence-electron chi connectivity index (χ1n) is 5.51. The zero-order valence-electron chi connectivity index (χ0n) is 9.96. The van der Waals surface area contributed by atoms with Crippen molar-refractivity contribution in [3.8, 4) is 11.5 Å². The standard InChI is InChI=1S/C13H13NO4/c1-17-10-4-2-3-5-11(10)18-9-8-14-12(15)6-7-13(14)16/h2-7H,8-9H2,1H3. The molecule has 0 aliphatic carbocycles. The van der Waals surface area contributed by atoms with Gasteiger partial charge in [0.2, 0.25) is 0 Å². The monoisotopic (exact) mass is 247 g/mol. The van der Waals surface area contributed by atoms with Gasteiger partial charge in [-0.15, -0.1) is 0 Å². The summed E-state index contributed by atoms with van der Waals surface area (Å²) in [4.78, 5) is 23.7. The molecule has 0 fully saturated rings. The van der Waals surface area contributed by atoms with Crippen molar-refractivity contribution in [2.45, 2.75) is 0 Å². The van der Waals surface area contributed by atoms with E-state index in [1.165, 1.54) is 12.2 Å². The highest BCUT2D eigenvalue weighted by Crippen LogP contribution is 2.25. The van der Waals surface area contributed by atoms with Crippen molar-refractivity contribution in [2.75, 3.05) is 20.3 Å². The molecule has 1 aromatic rings. The maximum absolute atomic E-state index is 11.3. The molecule has 1 aliphatic heterocycles. The third-order valence-corrected chi connectivity index (χ3v) is 2.54. The van der Waals surface area contributed by atoms with E-state index >= 15 is 0 Å². The molecular formula is C13H13NO4. The Morgan fingerprint density at radius 1 is 1.06 bits per heavy atom. The molecule has 1 aliphatic rings. The molecule has 94 valence electrons. The topological polar surface area (TPSA) is 55.8 Å². The number of carbonyl (C=O) groups excluding carboxylic acids is 2. The van der Waals surface area contributed by atoms with Gasteiger partial charge in [-0.2, -0.15) is 0 Å². The summed E-state index contributed by atoms with van der Waals surface area (Å²) in [6.07, 6.45) is 2.51. The van der Waals surface area contributed by atoms with Crippen molar-refractivity contribution in [3.63, 3.8) is 0 Å². The minimum absolute atomic E-state index is 0.225. The van der Waals surface area contributed by atoms with Gasteiger partial charge in [0.15, 0.2) is 11.5 Å². The van der Waals surface area contributed by atoms with E-state index in [1.807, 2.05) is 12.1 Å². The lowest BCUT2D eigenvalue weighted by Gasteiger charge is -2.15. The van der Waals surface area contributed by atoms with Crippen molar-refractivity contribution in [2.24, 2.45) is 0 Å². The lowest BCUT2D eigenvalue weighted by Crippen LogP contribution is -2.33. The number of amides is 2. The molecule has 5 heteroatoms. The van der Waals surface area contributed by atoms with Crippen molar-refractivity contribution < 1.29 is 19.1 Å². The third kappa shape index (κ3) is 2.51. The largest absolute Gasteiger partial charge is 0.493 e. The van der Waals surface area contributed by atoms with Crippen LogP contribution in [-0.2, 0) is 9.59 Å². The number of hydrogen-bond acceptors (Lipinski definition) is 4. The fourth-order valence-electron chi connectivity index (χ4n) is 1.64. The normalized spacial score (nSPS) is 14.2. The van der Waals surface area contributed by atoms with E-state index in [9.17, 15) is 9.59 Å². The summed E-state index contributed by atoms with van der Waals surface area (Å²) in [6.45, 7) is 0.461. The molecule has 18 heavy (non-hydrogen) atoms. The van der Waals surface area contributed by atoms with Gasteiger partial charge in [0.1, 0.15) is 6.61 Å². The van der Waals surface area contributed by atoms with E-state index in [-0.39, 0.29) is 25.0 Å². The molecule has 0 bridgehead atoms. The number of methoxy groups -OCH3 is 1. The Bertz CT molecular complexity index is 478. The number of carbonyl (C=O) groups is 2. The number of ether oxygens (including phenoxy) is 2. The van der Waals surface area contributed by atoms with Crippen LogP contribution in [0, 0.1) is 0 Å². The molecule has 0 unspecified atom stereocenters. The first-order chi connectivity index (χ1) is 8.72. The van der Waals surface area contributed by atoms with Crippen LogP contribution in [0.3, 0.4) is 0 Å². The first-order valence-corrected chi connectivity index (χ1v) is 5.51. The van der Waals surface area contributed by atoms with Gasteiger partial charge in [0.25, 0.3) is 11.8 Å². The molecule has 5 nitrogen and oxygen atoms in total. The number of imide groups is 1. The summed E-state index contributed by atoms with van der Waals surface area (Å²) < 4.78 is 10.6. The number of nitrogens with zero attached hydrogens (tertiary/aromatic N) is 1. The fourth-order valence-corrected chi connectivity index (χ4v) is 1.64. The van der Waals surface area contributed by atoms with Gasteiger partial charge in [-0.1, -0.05) is 12.1 Å². The van der Waals surface area contributed by atoms with Crippen molar-refractivity contribution >= 4 is 11.8 Å². The van der Waals surface area contributed by atoms with Crippen LogP contribution in [0.1, 0.15) is 0 Å². The zero-order valence-corrected chi connectivity index (χ0v) is 9.96. The van der Waals surface area contributed by atoms with Crippen molar-refractivity contribution in [1.82, 2.24) is 4.90 Å². The highest BCUT2D eigenvalue weighted by Gasteiger charge is 2.22. The summed E-state index contributed by atoms with van der Waals surface area (Å²) in [5.74, 6) is 0.606. The average Bonchev–Trinajstić information content (AvgIpc) is 2.71. The average molecular weight is 247 g/mol. The number of benzene rings is 1. The van der Waals surface area contributed by atoms with Crippen molar-refractivity contribution in [1.29, 1.82) is 0 Å². The van der Waals surface area contributed by atoms with Crippen LogP contribution in [0.15, 0.2) is 36.4 Å². The molecule has 0 N–H and O–H groups in total. The Kier molecular flexibility index (Phi) is 3.62. The van der Waals surface area contributed by atoms with Gasteiger partial charge in [-0.05, 0) is 12.1 Å². The number of rotatable bonds is 5. The molecule has 0 atom stereocenters. The van der Waals surface area contributed by atoms with Crippen molar-refractivity contribution in [3.05, 3.63) is 36.4 Å². The van der Waals surface area contributed by atoms with Gasteiger partial charge in [-0.3, -0.25) is 14.5 Å². The zero-order chi connectivity index (χ0) is 13.0. The van der Waals surface area contributed by atoms with E-state index in [0.717, 1.165) is 4.90 Å². The molecular weight excluding hydrogens is 234 g/mol. The van der Waals surface area contributed by atoms with Crippen LogP contribution in [0.5, 0.6) is 11.5 Å². The summed E-state index contributed by atoms with van der Waals surface area (Å²) in [5, 5.41) is 0. The van der Waals surface area contributed by atoms with Gasteiger partial charge < -0.3 is 9.47 Å². The van der Waals surface area contributed by atoms with Crippen LogP contribution in [-0.4, -0.2) is 37.0 Å². The van der Waals surface area contributed by atoms with E-state index in [1.54, 1.807) is 19.2 Å². The number of para-hydroxylation sites is 2. The predicted molar refractivity (Wildman–Crippen MR) is 64.3 cm³/mol. The predicted octanol–water partition coefficient (Wildman–Crippen LogP) is 0.999. The van der Waals surface area contributed by atoms with Crippen LogP contribution >= 0.6 is 0 Å². The van der Waals surface area contributed by atoms with E-state index in [2.05, 4.69) is 0 Å². The maximum atomic E-state index is 11.3. The quantitative estimate of drug-likeness (QED) is 0.728. The minimum atomic E-state index is -0.302. The molecule has 0 saturated heterocycles. The van der Waals surface area contributed by atoms with Crippen LogP contribution in [0.4, 0.5) is 0 Å². The lowest BCUT2D eigenvalue weighted by molar-refractivity contribution is -0.137. The highest BCUT2D eigenvalue weighted by molar-refractivity contribution is 6.12. The fraction of sp³-hybridized carbons (Fsp3) is 0.231. The molecule has 2 amide bonds. The van der Waals surface area contributed by atoms with Gasteiger partial charge in [-0.25, -0.2) is 0 Å². The molecule has 1 heterocycles. The smallest absolute Gasteiger partial charge is 0.253 e. The Morgan fingerprint density at radius 3 is 2.28 bits per heavy atom. The van der Waals surface area contributed by atoms with Crippen LogP contribution in [0.2, 0.25) is 0 Å². The first kappa shape index (κ1) is 12.2. The summed E-state index contributed by atoms with van der Waals surface area (Å²) in [7, 11) is 1.56. The molecule has 2 rings (SSSR count). The Hall–Kier alpha value is -2.30. The van der Waals surface area contributed by atoms with Gasteiger partial charge in [0.05, 0.1) is 13.7 Å². The van der Waals surface area contributed by atoms with Gasteiger partial charge >= 0.3 is 0 Å². The summed E-state index contributed by atoms with van der Waals surface area (Å²) >= 11 is 0. The molecule has 0 radical (unpaired) electrons. The van der Waals surface area contributed by atoms with Crippen LogP contribution < -0.4 is 9.47 Å². The van der Waals surface area contributed by atoms with E-state index in [0.29, 0.717) is 11.5 Å². The molecule has 0 aromatic heterocycles.